The van der Waals surface area contributed by atoms with Crippen molar-refractivity contribution in [2.45, 2.75) is 18.9 Å². The number of ether oxygens (including phenoxy) is 1. The number of anilines is 1. The smallest absolute Gasteiger partial charge is 0.228 e. The van der Waals surface area contributed by atoms with Crippen molar-refractivity contribution in [3.63, 3.8) is 0 Å². The molecule has 1 aromatic heterocycles. The molecule has 3 heterocycles. The van der Waals surface area contributed by atoms with Gasteiger partial charge in [-0.1, -0.05) is 35.5 Å². The van der Waals surface area contributed by atoms with Crippen molar-refractivity contribution in [2.24, 2.45) is 5.92 Å². The second-order valence-electron chi connectivity index (χ2n) is 8.28. The van der Waals surface area contributed by atoms with Crippen LogP contribution in [-0.2, 0) is 9.59 Å². The molecule has 2 aromatic carbocycles. The Labute approximate surface area is 186 Å². The lowest BCUT2D eigenvalue weighted by atomic mass is 10.1. The van der Waals surface area contributed by atoms with Gasteiger partial charge in [-0.3, -0.25) is 9.59 Å². The highest BCUT2D eigenvalue weighted by molar-refractivity contribution is 6.00. The fraction of sp³-hybridized carbons (Fsp3) is 0.333. The van der Waals surface area contributed by atoms with E-state index in [0.717, 1.165) is 29.1 Å². The number of benzene rings is 2. The van der Waals surface area contributed by atoms with Crippen molar-refractivity contribution in [3.8, 4) is 17.0 Å². The van der Waals surface area contributed by atoms with Crippen LogP contribution in [0.4, 0.5) is 5.69 Å². The number of methoxy groups -OCH3 is 1. The molecule has 2 saturated heterocycles. The van der Waals surface area contributed by atoms with Gasteiger partial charge in [-0.2, -0.15) is 0 Å². The third-order valence-electron chi connectivity index (χ3n) is 6.29. The van der Waals surface area contributed by atoms with E-state index < -0.39 is 0 Å². The number of likely N-dealkylation sites (tertiary alicyclic amines) is 1. The SMILES string of the molecule is COc1ccc(N2CC(C(=O)N3CCC(n4cc(-c5ccccc5)nn4)C3)CC2=O)cc1. The summed E-state index contributed by atoms with van der Waals surface area (Å²) in [7, 11) is 1.61. The molecule has 2 amide bonds. The zero-order chi connectivity index (χ0) is 22.1. The van der Waals surface area contributed by atoms with Gasteiger partial charge in [0.1, 0.15) is 11.4 Å². The standard InChI is InChI=1S/C24H25N5O3/c1-32-21-9-7-19(8-10-21)28-14-18(13-23(28)30)24(31)27-12-11-20(15-27)29-16-22(25-26-29)17-5-3-2-4-6-17/h2-10,16,18,20H,11-15H2,1H3. The molecule has 2 atom stereocenters. The van der Waals surface area contributed by atoms with Crippen LogP contribution in [0.25, 0.3) is 11.3 Å². The molecule has 0 radical (unpaired) electrons. The van der Waals surface area contributed by atoms with Crippen LogP contribution >= 0.6 is 0 Å². The number of aromatic nitrogens is 3. The van der Waals surface area contributed by atoms with Crippen LogP contribution in [0.15, 0.2) is 60.8 Å². The van der Waals surface area contributed by atoms with Gasteiger partial charge < -0.3 is 14.5 Å². The third-order valence-corrected chi connectivity index (χ3v) is 6.29. The molecule has 32 heavy (non-hydrogen) atoms. The van der Waals surface area contributed by atoms with Gasteiger partial charge in [0.25, 0.3) is 0 Å². The van der Waals surface area contributed by atoms with Gasteiger partial charge >= 0.3 is 0 Å². The first-order chi connectivity index (χ1) is 15.6. The van der Waals surface area contributed by atoms with Gasteiger partial charge in [-0.25, -0.2) is 4.68 Å². The largest absolute Gasteiger partial charge is 0.497 e. The van der Waals surface area contributed by atoms with Gasteiger partial charge in [0.05, 0.1) is 25.3 Å². The summed E-state index contributed by atoms with van der Waals surface area (Å²) in [4.78, 5) is 29.3. The van der Waals surface area contributed by atoms with E-state index >= 15 is 0 Å². The molecule has 0 aliphatic carbocycles. The zero-order valence-electron chi connectivity index (χ0n) is 17.9. The van der Waals surface area contributed by atoms with E-state index in [1.807, 2.05) is 70.4 Å². The highest BCUT2D eigenvalue weighted by Crippen LogP contribution is 2.30. The van der Waals surface area contributed by atoms with Crippen LogP contribution in [0.2, 0.25) is 0 Å². The summed E-state index contributed by atoms with van der Waals surface area (Å²) in [5.74, 6) is 0.437. The Bertz CT molecular complexity index is 1110. The minimum atomic E-state index is -0.320. The van der Waals surface area contributed by atoms with E-state index in [9.17, 15) is 9.59 Å². The fourth-order valence-electron chi connectivity index (χ4n) is 4.50. The maximum atomic E-state index is 13.2. The molecule has 2 unspecified atom stereocenters. The van der Waals surface area contributed by atoms with Gasteiger partial charge in [-0.05, 0) is 30.7 Å². The molecule has 2 fully saturated rings. The number of hydrogen-bond acceptors (Lipinski definition) is 5. The second-order valence-corrected chi connectivity index (χ2v) is 8.28. The Hall–Kier alpha value is -3.68. The number of hydrogen-bond donors (Lipinski definition) is 0. The van der Waals surface area contributed by atoms with E-state index in [0.29, 0.717) is 19.6 Å². The predicted octanol–water partition coefficient (Wildman–Crippen LogP) is 2.78. The van der Waals surface area contributed by atoms with Crippen LogP contribution < -0.4 is 9.64 Å². The van der Waals surface area contributed by atoms with Gasteiger partial charge in [0.2, 0.25) is 11.8 Å². The van der Waals surface area contributed by atoms with Crippen LogP contribution in [0.3, 0.4) is 0 Å². The summed E-state index contributed by atoms with van der Waals surface area (Å²) in [6.45, 7) is 1.66. The highest BCUT2D eigenvalue weighted by Gasteiger charge is 2.39. The van der Waals surface area contributed by atoms with Crippen LogP contribution in [0.1, 0.15) is 18.9 Å². The van der Waals surface area contributed by atoms with E-state index in [1.54, 1.807) is 12.0 Å². The van der Waals surface area contributed by atoms with Gasteiger partial charge in [-0.15, -0.1) is 5.10 Å². The maximum Gasteiger partial charge on any atom is 0.228 e. The Balaban J connectivity index is 1.22. The summed E-state index contributed by atoms with van der Waals surface area (Å²) in [6, 6.07) is 17.4. The Kier molecular flexibility index (Phi) is 5.34. The Morgan fingerprint density at radius 2 is 1.84 bits per heavy atom. The van der Waals surface area contributed by atoms with Crippen molar-refractivity contribution in [3.05, 3.63) is 60.8 Å². The first kappa shape index (κ1) is 20.2. The molecular formula is C24H25N5O3. The topological polar surface area (TPSA) is 80.6 Å². The number of carbonyl (C=O) groups is 2. The van der Waals surface area contributed by atoms with Crippen molar-refractivity contribution < 1.29 is 14.3 Å². The average Bonchev–Trinajstić information content (AvgIpc) is 3.59. The van der Waals surface area contributed by atoms with E-state index in [4.69, 9.17) is 4.74 Å². The molecular weight excluding hydrogens is 406 g/mol. The first-order valence-corrected chi connectivity index (χ1v) is 10.8. The number of nitrogens with zero attached hydrogens (tertiary/aromatic N) is 5. The summed E-state index contributed by atoms with van der Waals surface area (Å²) in [5, 5.41) is 8.59. The summed E-state index contributed by atoms with van der Waals surface area (Å²) < 4.78 is 7.04. The van der Waals surface area contributed by atoms with E-state index in [-0.39, 0.29) is 30.2 Å². The molecule has 164 valence electrons. The summed E-state index contributed by atoms with van der Waals surface area (Å²) >= 11 is 0. The quantitative estimate of drug-likeness (QED) is 0.621. The monoisotopic (exact) mass is 431 g/mol. The van der Waals surface area contributed by atoms with Gasteiger partial charge in [0.15, 0.2) is 0 Å². The molecule has 3 aromatic rings. The summed E-state index contributed by atoms with van der Waals surface area (Å²) in [6.07, 6.45) is 3.01. The molecule has 0 spiro atoms. The molecule has 2 aliphatic rings. The Morgan fingerprint density at radius 1 is 1.06 bits per heavy atom. The molecule has 5 rings (SSSR count). The normalized spacial score (nSPS) is 20.7. The van der Waals surface area contributed by atoms with Crippen LogP contribution in [-0.4, -0.2) is 58.5 Å². The molecule has 0 bridgehead atoms. The minimum absolute atomic E-state index is 0.0203. The molecule has 8 nitrogen and oxygen atoms in total. The first-order valence-electron chi connectivity index (χ1n) is 10.8. The average molecular weight is 431 g/mol. The number of rotatable bonds is 5. The van der Waals surface area contributed by atoms with E-state index in [2.05, 4.69) is 10.3 Å². The van der Waals surface area contributed by atoms with Crippen molar-refractivity contribution in [2.75, 3.05) is 31.6 Å². The lowest BCUT2D eigenvalue weighted by Gasteiger charge is -2.21. The lowest BCUT2D eigenvalue weighted by Crippen LogP contribution is -2.36. The molecule has 2 aliphatic heterocycles. The number of amides is 2. The molecule has 8 heteroatoms. The predicted molar refractivity (Wildman–Crippen MR) is 119 cm³/mol. The van der Waals surface area contributed by atoms with Crippen molar-refractivity contribution in [1.82, 2.24) is 19.9 Å². The number of carbonyl (C=O) groups excluding carboxylic acids is 2. The zero-order valence-corrected chi connectivity index (χ0v) is 17.9. The Morgan fingerprint density at radius 3 is 2.59 bits per heavy atom. The highest BCUT2D eigenvalue weighted by atomic mass is 16.5. The van der Waals surface area contributed by atoms with Crippen LogP contribution in [0, 0.1) is 5.92 Å². The second kappa shape index (κ2) is 8.45. The molecule has 0 saturated carbocycles. The van der Waals surface area contributed by atoms with Crippen molar-refractivity contribution >= 4 is 17.5 Å². The minimum Gasteiger partial charge on any atom is -0.497 e. The lowest BCUT2D eigenvalue weighted by molar-refractivity contribution is -0.134. The summed E-state index contributed by atoms with van der Waals surface area (Å²) in [5.41, 5.74) is 2.64. The maximum absolute atomic E-state index is 13.2. The van der Waals surface area contributed by atoms with E-state index in [1.165, 1.54) is 0 Å². The van der Waals surface area contributed by atoms with Crippen molar-refractivity contribution in [1.29, 1.82) is 0 Å². The molecule has 0 N–H and O–H groups in total. The third kappa shape index (κ3) is 3.84. The van der Waals surface area contributed by atoms with Crippen LogP contribution in [0.5, 0.6) is 5.75 Å². The fourth-order valence-corrected chi connectivity index (χ4v) is 4.50. The van der Waals surface area contributed by atoms with Gasteiger partial charge in [0, 0.05) is 37.3 Å².